The van der Waals surface area contributed by atoms with E-state index in [1.807, 2.05) is 31.2 Å². The maximum absolute atomic E-state index is 11.3. The Labute approximate surface area is 79.2 Å². The van der Waals surface area contributed by atoms with Crippen molar-refractivity contribution < 1.29 is 4.79 Å². The second kappa shape index (κ2) is 4.08. The number of carbonyl (C=O) groups is 1. The molecular weight excluding hydrogens is 162 g/mol. The van der Waals surface area contributed by atoms with Gasteiger partial charge >= 0.3 is 0 Å². The average Bonchev–Trinajstić information content (AvgIpc) is 2.15. The van der Waals surface area contributed by atoms with E-state index in [1.54, 1.807) is 11.9 Å². The first-order chi connectivity index (χ1) is 6.15. The first-order valence-corrected chi connectivity index (χ1v) is 4.27. The lowest BCUT2D eigenvalue weighted by molar-refractivity contribution is -0.117. The van der Waals surface area contributed by atoms with Gasteiger partial charge < -0.3 is 4.90 Å². The molecule has 69 valence electrons. The number of aryl methyl sites for hydroxylation is 1. The Bertz CT molecular complexity index is 307. The largest absolute Gasteiger partial charge is 0.315 e. The zero-order chi connectivity index (χ0) is 9.84. The summed E-state index contributed by atoms with van der Waals surface area (Å²) < 4.78 is 0. The SMILES string of the molecule is [CH2]CC(=O)N(C)c1cccc(C)c1. The lowest BCUT2D eigenvalue weighted by Crippen LogP contribution is -2.25. The van der Waals surface area contributed by atoms with Gasteiger partial charge in [0.1, 0.15) is 0 Å². The number of hydrogen-bond donors (Lipinski definition) is 0. The number of hydrogen-bond acceptors (Lipinski definition) is 1. The minimum atomic E-state index is 0.0330. The highest BCUT2D eigenvalue weighted by molar-refractivity contribution is 5.93. The number of carbonyl (C=O) groups excluding carboxylic acids is 1. The Balaban J connectivity index is 2.88. The highest BCUT2D eigenvalue weighted by Crippen LogP contribution is 2.14. The van der Waals surface area contributed by atoms with Crippen LogP contribution in [0, 0.1) is 13.8 Å². The summed E-state index contributed by atoms with van der Waals surface area (Å²) in [6.07, 6.45) is 0.296. The van der Waals surface area contributed by atoms with Gasteiger partial charge in [0.05, 0.1) is 0 Å². The van der Waals surface area contributed by atoms with Crippen LogP contribution in [0.15, 0.2) is 24.3 Å². The van der Waals surface area contributed by atoms with Crippen molar-refractivity contribution in [3.8, 4) is 0 Å². The van der Waals surface area contributed by atoms with Crippen LogP contribution < -0.4 is 4.90 Å². The monoisotopic (exact) mass is 176 g/mol. The van der Waals surface area contributed by atoms with Gasteiger partial charge in [0.15, 0.2) is 0 Å². The number of anilines is 1. The van der Waals surface area contributed by atoms with Gasteiger partial charge in [0, 0.05) is 19.2 Å². The molecule has 1 aromatic carbocycles. The molecule has 0 heterocycles. The van der Waals surface area contributed by atoms with Gasteiger partial charge in [0.25, 0.3) is 0 Å². The van der Waals surface area contributed by atoms with Crippen molar-refractivity contribution in [2.24, 2.45) is 0 Å². The minimum absolute atomic E-state index is 0.0330. The molecule has 0 saturated heterocycles. The summed E-state index contributed by atoms with van der Waals surface area (Å²) in [5, 5.41) is 0. The van der Waals surface area contributed by atoms with Gasteiger partial charge in [0.2, 0.25) is 5.91 Å². The van der Waals surface area contributed by atoms with Crippen LogP contribution >= 0.6 is 0 Å². The molecule has 1 rings (SSSR count). The van der Waals surface area contributed by atoms with E-state index in [-0.39, 0.29) is 5.91 Å². The lowest BCUT2D eigenvalue weighted by Gasteiger charge is -2.16. The zero-order valence-electron chi connectivity index (χ0n) is 8.08. The molecule has 1 aromatic rings. The van der Waals surface area contributed by atoms with Gasteiger partial charge in [-0.05, 0) is 31.5 Å². The normalized spacial score (nSPS) is 9.77. The van der Waals surface area contributed by atoms with Crippen LogP contribution in [0.1, 0.15) is 12.0 Å². The molecule has 13 heavy (non-hydrogen) atoms. The van der Waals surface area contributed by atoms with E-state index in [4.69, 9.17) is 0 Å². The molecular formula is C11H14NO. The summed E-state index contributed by atoms with van der Waals surface area (Å²) in [6.45, 7) is 5.57. The van der Waals surface area contributed by atoms with E-state index < -0.39 is 0 Å². The van der Waals surface area contributed by atoms with Crippen LogP contribution in [-0.4, -0.2) is 13.0 Å². The maximum Gasteiger partial charge on any atom is 0.226 e. The molecule has 0 aliphatic rings. The maximum atomic E-state index is 11.3. The van der Waals surface area contributed by atoms with Crippen molar-refractivity contribution in [1.82, 2.24) is 0 Å². The second-order valence-corrected chi connectivity index (χ2v) is 3.04. The third-order valence-electron chi connectivity index (χ3n) is 1.98. The van der Waals surface area contributed by atoms with Crippen molar-refractivity contribution in [3.63, 3.8) is 0 Å². The van der Waals surface area contributed by atoms with Crippen molar-refractivity contribution in [2.45, 2.75) is 13.3 Å². The molecule has 0 saturated carbocycles. The average molecular weight is 176 g/mol. The summed E-state index contributed by atoms with van der Waals surface area (Å²) >= 11 is 0. The molecule has 0 aliphatic carbocycles. The molecule has 0 aromatic heterocycles. The summed E-state index contributed by atoms with van der Waals surface area (Å²) in [7, 11) is 1.77. The fraction of sp³-hybridized carbons (Fsp3) is 0.273. The third-order valence-corrected chi connectivity index (χ3v) is 1.98. The van der Waals surface area contributed by atoms with Crippen molar-refractivity contribution in [1.29, 1.82) is 0 Å². The number of nitrogens with zero attached hydrogens (tertiary/aromatic N) is 1. The predicted molar refractivity (Wildman–Crippen MR) is 54.6 cm³/mol. The van der Waals surface area contributed by atoms with Crippen LogP contribution in [-0.2, 0) is 4.79 Å². The molecule has 0 unspecified atom stereocenters. The van der Waals surface area contributed by atoms with Crippen LogP contribution in [0.3, 0.4) is 0 Å². The van der Waals surface area contributed by atoms with Crippen LogP contribution in [0.25, 0.3) is 0 Å². The van der Waals surface area contributed by atoms with Crippen molar-refractivity contribution >= 4 is 11.6 Å². The van der Waals surface area contributed by atoms with Crippen LogP contribution in [0.2, 0.25) is 0 Å². The summed E-state index contributed by atoms with van der Waals surface area (Å²) in [6, 6.07) is 7.84. The molecule has 0 atom stereocenters. The Morgan fingerprint density at radius 1 is 1.54 bits per heavy atom. The van der Waals surface area contributed by atoms with E-state index in [9.17, 15) is 4.79 Å². The van der Waals surface area contributed by atoms with Gasteiger partial charge in [-0.25, -0.2) is 0 Å². The molecule has 0 N–H and O–H groups in total. The lowest BCUT2D eigenvalue weighted by atomic mass is 10.2. The van der Waals surface area contributed by atoms with Crippen molar-refractivity contribution in [2.75, 3.05) is 11.9 Å². The molecule has 2 nitrogen and oxygen atoms in total. The minimum Gasteiger partial charge on any atom is -0.315 e. The molecule has 0 bridgehead atoms. The molecule has 1 radical (unpaired) electrons. The highest BCUT2D eigenvalue weighted by Gasteiger charge is 2.07. The fourth-order valence-electron chi connectivity index (χ4n) is 1.15. The second-order valence-electron chi connectivity index (χ2n) is 3.04. The summed E-state index contributed by atoms with van der Waals surface area (Å²) in [4.78, 5) is 12.9. The fourth-order valence-corrected chi connectivity index (χ4v) is 1.15. The molecule has 0 spiro atoms. The van der Waals surface area contributed by atoms with E-state index in [0.29, 0.717) is 6.42 Å². The molecule has 2 heteroatoms. The molecule has 0 aliphatic heterocycles. The topological polar surface area (TPSA) is 20.3 Å². The van der Waals surface area contributed by atoms with Crippen molar-refractivity contribution in [3.05, 3.63) is 36.8 Å². The van der Waals surface area contributed by atoms with Gasteiger partial charge in [-0.1, -0.05) is 12.1 Å². The Hall–Kier alpha value is -1.31. The third kappa shape index (κ3) is 2.31. The van der Waals surface area contributed by atoms with E-state index in [2.05, 4.69) is 6.92 Å². The smallest absolute Gasteiger partial charge is 0.226 e. The summed E-state index contributed by atoms with van der Waals surface area (Å²) in [5.74, 6) is 0.0330. The number of amides is 1. The molecule has 1 amide bonds. The quantitative estimate of drug-likeness (QED) is 0.676. The highest BCUT2D eigenvalue weighted by atomic mass is 16.2. The predicted octanol–water partition coefficient (Wildman–Crippen LogP) is 2.18. The first-order valence-electron chi connectivity index (χ1n) is 4.27. The number of benzene rings is 1. The van der Waals surface area contributed by atoms with Gasteiger partial charge in [-0.3, -0.25) is 4.79 Å². The summed E-state index contributed by atoms with van der Waals surface area (Å²) in [5.41, 5.74) is 2.08. The Morgan fingerprint density at radius 2 is 2.23 bits per heavy atom. The van der Waals surface area contributed by atoms with E-state index >= 15 is 0 Å². The van der Waals surface area contributed by atoms with Gasteiger partial charge in [-0.2, -0.15) is 0 Å². The first kappa shape index (κ1) is 9.78. The van der Waals surface area contributed by atoms with E-state index in [0.717, 1.165) is 11.3 Å². The zero-order valence-corrected chi connectivity index (χ0v) is 8.08. The van der Waals surface area contributed by atoms with Gasteiger partial charge in [-0.15, -0.1) is 0 Å². The number of rotatable bonds is 2. The standard InChI is InChI=1S/C11H14NO/c1-4-11(13)12(3)10-7-5-6-9(2)8-10/h5-8H,1,4H2,2-3H3. The van der Waals surface area contributed by atoms with Crippen LogP contribution in [0.5, 0.6) is 0 Å². The van der Waals surface area contributed by atoms with Crippen LogP contribution in [0.4, 0.5) is 5.69 Å². The Kier molecular flexibility index (Phi) is 3.07. The molecule has 0 fully saturated rings. The van der Waals surface area contributed by atoms with E-state index in [1.165, 1.54) is 0 Å². The Morgan fingerprint density at radius 3 is 2.77 bits per heavy atom.